The van der Waals surface area contributed by atoms with E-state index < -0.39 is 0 Å². The summed E-state index contributed by atoms with van der Waals surface area (Å²) in [6, 6.07) is 32.0. The Labute approximate surface area is 214 Å². The van der Waals surface area contributed by atoms with Crippen LogP contribution in [0.3, 0.4) is 0 Å². The van der Waals surface area contributed by atoms with E-state index in [1.165, 1.54) is 16.7 Å². The van der Waals surface area contributed by atoms with Gasteiger partial charge >= 0.3 is 0 Å². The van der Waals surface area contributed by atoms with Crippen molar-refractivity contribution in [3.8, 4) is 22.5 Å². The molecule has 1 N–H and O–H groups in total. The molecule has 0 atom stereocenters. The number of hydrogen-bond donors (Lipinski definition) is 1. The normalized spacial score (nSPS) is 11.1. The van der Waals surface area contributed by atoms with Crippen LogP contribution < -0.4 is 5.32 Å². The van der Waals surface area contributed by atoms with E-state index in [9.17, 15) is 4.79 Å². The highest BCUT2D eigenvalue weighted by molar-refractivity contribution is 9.10. The minimum absolute atomic E-state index is 0.209. The highest BCUT2D eigenvalue weighted by Crippen LogP contribution is 2.30. The number of nitrogens with zero attached hydrogens (tertiary/aromatic N) is 2. The average Bonchev–Trinajstić information content (AvgIpc) is 3.36. The highest BCUT2D eigenvalue weighted by atomic mass is 79.9. The van der Waals surface area contributed by atoms with Gasteiger partial charge in [0.05, 0.1) is 22.5 Å². The van der Waals surface area contributed by atoms with E-state index in [1.54, 1.807) is 0 Å². The van der Waals surface area contributed by atoms with Crippen molar-refractivity contribution in [2.75, 3.05) is 5.32 Å². The second-order valence-corrected chi connectivity index (χ2v) is 9.91. The average molecular weight is 536 g/mol. The standard InChI is InChI=1S/C29H18BrN3OS/c30-22-9-5-8-20(15-22)26-16-24(23-10-3-4-11-25(23)31-26)28(34)33-29-32-27(17-35-29)21-13-12-18-6-1-2-7-19(18)14-21/h1-17H,(H,32,33,34). The van der Waals surface area contributed by atoms with Gasteiger partial charge in [0.15, 0.2) is 5.13 Å². The van der Waals surface area contributed by atoms with Gasteiger partial charge in [-0.15, -0.1) is 11.3 Å². The number of aromatic nitrogens is 2. The highest BCUT2D eigenvalue weighted by Gasteiger charge is 2.16. The van der Waals surface area contributed by atoms with Crippen LogP contribution in [-0.2, 0) is 0 Å². The molecular weight excluding hydrogens is 518 g/mol. The molecule has 35 heavy (non-hydrogen) atoms. The van der Waals surface area contributed by atoms with E-state index in [4.69, 9.17) is 4.98 Å². The molecule has 0 saturated carbocycles. The van der Waals surface area contributed by atoms with Gasteiger partial charge in [0.25, 0.3) is 5.91 Å². The summed E-state index contributed by atoms with van der Waals surface area (Å²) in [5.41, 5.74) is 4.87. The number of thiazole rings is 1. The van der Waals surface area contributed by atoms with Crippen LogP contribution in [0, 0.1) is 0 Å². The Morgan fingerprint density at radius 1 is 0.743 bits per heavy atom. The summed E-state index contributed by atoms with van der Waals surface area (Å²) in [5.74, 6) is -0.209. The Morgan fingerprint density at radius 3 is 2.43 bits per heavy atom. The molecule has 0 bridgehead atoms. The fraction of sp³-hybridized carbons (Fsp3) is 0. The summed E-state index contributed by atoms with van der Waals surface area (Å²) in [5, 5.41) is 8.67. The van der Waals surface area contributed by atoms with Gasteiger partial charge in [-0.05, 0) is 41.1 Å². The molecule has 0 fully saturated rings. The lowest BCUT2D eigenvalue weighted by molar-refractivity contribution is 0.102. The lowest BCUT2D eigenvalue weighted by Gasteiger charge is -2.10. The molecule has 4 nitrogen and oxygen atoms in total. The molecule has 0 aliphatic carbocycles. The Hall–Kier alpha value is -3.87. The molecule has 0 aliphatic heterocycles. The number of anilines is 1. The number of benzene rings is 4. The fourth-order valence-electron chi connectivity index (χ4n) is 4.14. The number of rotatable bonds is 4. The van der Waals surface area contributed by atoms with Gasteiger partial charge in [-0.1, -0.05) is 82.7 Å². The number of pyridine rings is 1. The summed E-state index contributed by atoms with van der Waals surface area (Å²) in [4.78, 5) is 22.9. The Bertz CT molecular complexity index is 1730. The van der Waals surface area contributed by atoms with Crippen LogP contribution >= 0.6 is 27.3 Å². The SMILES string of the molecule is O=C(Nc1nc(-c2ccc3ccccc3c2)cs1)c1cc(-c2cccc(Br)c2)nc2ccccc12. The van der Waals surface area contributed by atoms with Gasteiger partial charge in [-0.25, -0.2) is 9.97 Å². The number of hydrogen-bond acceptors (Lipinski definition) is 4. The molecular formula is C29H18BrN3OS. The lowest BCUT2D eigenvalue weighted by atomic mass is 10.0. The van der Waals surface area contributed by atoms with Crippen molar-refractivity contribution in [3.05, 3.63) is 112 Å². The molecule has 0 aliphatic rings. The van der Waals surface area contributed by atoms with Crippen LogP contribution in [0.5, 0.6) is 0 Å². The van der Waals surface area contributed by atoms with E-state index in [-0.39, 0.29) is 5.91 Å². The Kier molecular flexibility index (Phi) is 5.60. The molecule has 0 saturated heterocycles. The third-order valence-electron chi connectivity index (χ3n) is 5.85. The molecule has 1 amide bonds. The van der Waals surface area contributed by atoms with Crippen LogP contribution in [0.25, 0.3) is 44.2 Å². The molecule has 0 unspecified atom stereocenters. The first-order chi connectivity index (χ1) is 17.1. The zero-order valence-corrected chi connectivity index (χ0v) is 20.8. The van der Waals surface area contributed by atoms with Crippen molar-refractivity contribution < 1.29 is 4.79 Å². The summed E-state index contributed by atoms with van der Waals surface area (Å²) < 4.78 is 0.958. The van der Waals surface area contributed by atoms with Gasteiger partial charge in [0.1, 0.15) is 0 Å². The number of fused-ring (bicyclic) bond motifs is 2. The van der Waals surface area contributed by atoms with Gasteiger partial charge < -0.3 is 0 Å². The molecule has 168 valence electrons. The fourth-order valence-corrected chi connectivity index (χ4v) is 5.25. The van der Waals surface area contributed by atoms with Crippen LogP contribution in [0.2, 0.25) is 0 Å². The van der Waals surface area contributed by atoms with Crippen LogP contribution in [0.15, 0.2) is 107 Å². The Balaban J connectivity index is 1.34. The summed E-state index contributed by atoms with van der Waals surface area (Å²) in [6.07, 6.45) is 0. The molecule has 6 rings (SSSR count). The van der Waals surface area contributed by atoms with Crippen molar-refractivity contribution in [1.29, 1.82) is 0 Å². The first-order valence-corrected chi connectivity index (χ1v) is 12.7. The van der Waals surface area contributed by atoms with Gasteiger partial charge in [0.2, 0.25) is 0 Å². The minimum atomic E-state index is -0.209. The summed E-state index contributed by atoms with van der Waals surface area (Å²) in [7, 11) is 0. The third kappa shape index (κ3) is 4.34. The quantitative estimate of drug-likeness (QED) is 0.247. The number of halogens is 1. The zero-order chi connectivity index (χ0) is 23.8. The number of para-hydroxylation sites is 1. The van der Waals surface area contributed by atoms with E-state index in [2.05, 4.69) is 56.6 Å². The monoisotopic (exact) mass is 535 g/mol. The van der Waals surface area contributed by atoms with Crippen LogP contribution in [-0.4, -0.2) is 15.9 Å². The molecule has 6 aromatic rings. The Morgan fingerprint density at radius 2 is 1.54 bits per heavy atom. The maximum atomic E-state index is 13.4. The maximum absolute atomic E-state index is 13.4. The largest absolute Gasteiger partial charge is 0.298 e. The van der Waals surface area contributed by atoms with Crippen LogP contribution in [0.4, 0.5) is 5.13 Å². The van der Waals surface area contributed by atoms with Crippen molar-refractivity contribution >= 4 is 60.0 Å². The molecule has 2 aromatic heterocycles. The third-order valence-corrected chi connectivity index (χ3v) is 7.10. The van der Waals surface area contributed by atoms with Gasteiger partial charge in [-0.2, -0.15) is 0 Å². The second-order valence-electron chi connectivity index (χ2n) is 8.14. The lowest BCUT2D eigenvalue weighted by Crippen LogP contribution is -2.13. The number of carbonyl (C=O) groups excluding carboxylic acids is 1. The molecule has 6 heteroatoms. The minimum Gasteiger partial charge on any atom is -0.298 e. The van der Waals surface area contributed by atoms with Crippen molar-refractivity contribution in [3.63, 3.8) is 0 Å². The van der Waals surface area contributed by atoms with Crippen molar-refractivity contribution in [1.82, 2.24) is 9.97 Å². The first-order valence-electron chi connectivity index (χ1n) is 11.1. The summed E-state index contributed by atoms with van der Waals surface area (Å²) >= 11 is 4.94. The smallest absolute Gasteiger partial charge is 0.258 e. The van der Waals surface area contributed by atoms with E-state index in [0.29, 0.717) is 10.7 Å². The predicted molar refractivity (Wildman–Crippen MR) is 148 cm³/mol. The van der Waals surface area contributed by atoms with Gasteiger partial charge in [0, 0.05) is 26.4 Å². The molecule has 0 radical (unpaired) electrons. The molecule has 4 aromatic carbocycles. The predicted octanol–water partition coefficient (Wildman–Crippen LogP) is 8.19. The summed E-state index contributed by atoms with van der Waals surface area (Å²) in [6.45, 7) is 0. The maximum Gasteiger partial charge on any atom is 0.258 e. The molecule has 0 spiro atoms. The van der Waals surface area contributed by atoms with E-state index >= 15 is 0 Å². The van der Waals surface area contributed by atoms with E-state index in [0.717, 1.165) is 43.3 Å². The first kappa shape index (κ1) is 21.6. The number of carbonyl (C=O) groups is 1. The number of amides is 1. The zero-order valence-electron chi connectivity index (χ0n) is 18.4. The molecule has 2 heterocycles. The number of nitrogens with one attached hydrogen (secondary N) is 1. The van der Waals surface area contributed by atoms with E-state index in [1.807, 2.05) is 72.1 Å². The van der Waals surface area contributed by atoms with Crippen molar-refractivity contribution in [2.24, 2.45) is 0 Å². The van der Waals surface area contributed by atoms with Gasteiger partial charge in [-0.3, -0.25) is 10.1 Å². The van der Waals surface area contributed by atoms with Crippen molar-refractivity contribution in [2.45, 2.75) is 0 Å². The van der Waals surface area contributed by atoms with Crippen LogP contribution in [0.1, 0.15) is 10.4 Å². The topological polar surface area (TPSA) is 54.9 Å². The second kappa shape index (κ2) is 9.06.